The van der Waals surface area contributed by atoms with E-state index in [1.807, 2.05) is 54.6 Å². The molecule has 0 spiro atoms. The van der Waals surface area contributed by atoms with Gasteiger partial charge in [0.15, 0.2) is 0 Å². The minimum absolute atomic E-state index is 0.127. The molecule has 0 fully saturated rings. The summed E-state index contributed by atoms with van der Waals surface area (Å²) in [6, 6.07) is 30.7. The highest BCUT2D eigenvalue weighted by atomic mass is 35.5. The zero-order valence-corrected chi connectivity index (χ0v) is 18.5. The van der Waals surface area contributed by atoms with Crippen LogP contribution in [0.4, 0.5) is 0 Å². The molecule has 5 rings (SSSR count). The van der Waals surface area contributed by atoms with Gasteiger partial charge in [0.2, 0.25) is 0 Å². The molecule has 5 heteroatoms. The zero-order valence-electron chi connectivity index (χ0n) is 17.7. The van der Waals surface area contributed by atoms with Crippen LogP contribution in [0.3, 0.4) is 0 Å². The van der Waals surface area contributed by atoms with Gasteiger partial charge >= 0.3 is 5.97 Å². The number of fused-ring (bicyclic) bond motifs is 2. The Morgan fingerprint density at radius 3 is 2.36 bits per heavy atom. The molecule has 1 aromatic heterocycles. The van der Waals surface area contributed by atoms with Crippen molar-refractivity contribution in [3.8, 4) is 17.0 Å². The number of nitrogens with zero attached hydrogens (tertiary/aromatic N) is 1. The molecule has 0 radical (unpaired) electrons. The number of pyridine rings is 1. The van der Waals surface area contributed by atoms with E-state index in [9.17, 15) is 4.79 Å². The minimum Gasteiger partial charge on any atom is -0.490 e. The molecule has 4 aromatic carbocycles. The van der Waals surface area contributed by atoms with E-state index in [4.69, 9.17) is 26.1 Å². The molecule has 0 amide bonds. The zero-order chi connectivity index (χ0) is 22.6. The standard InChI is InChI=1S/C28H20ClNO3/c29-20-12-14-21(15-13-20)32-16-17-33-28(31)25-18-27(30-26-11-4-3-9-24(25)26)23-10-5-7-19-6-1-2-8-22(19)23/h1-15,18H,16-17H2. The number of benzene rings is 4. The molecule has 0 atom stereocenters. The Morgan fingerprint density at radius 1 is 0.788 bits per heavy atom. The van der Waals surface area contributed by atoms with Crippen LogP contribution in [0.15, 0.2) is 97.1 Å². The summed E-state index contributed by atoms with van der Waals surface area (Å²) < 4.78 is 11.2. The third kappa shape index (κ3) is 4.52. The van der Waals surface area contributed by atoms with Gasteiger partial charge in [0.25, 0.3) is 0 Å². The summed E-state index contributed by atoms with van der Waals surface area (Å²) in [4.78, 5) is 17.9. The van der Waals surface area contributed by atoms with Crippen LogP contribution in [0, 0.1) is 0 Å². The first-order valence-corrected chi connectivity index (χ1v) is 11.0. The number of carbonyl (C=O) groups excluding carboxylic acids is 1. The van der Waals surface area contributed by atoms with Gasteiger partial charge in [-0.15, -0.1) is 0 Å². The summed E-state index contributed by atoms with van der Waals surface area (Å²) in [6.45, 7) is 0.369. The summed E-state index contributed by atoms with van der Waals surface area (Å²) in [6.07, 6.45) is 0. The number of hydrogen-bond donors (Lipinski definition) is 0. The molecule has 0 aliphatic carbocycles. The van der Waals surface area contributed by atoms with E-state index in [1.54, 1.807) is 24.3 Å². The normalized spacial score (nSPS) is 10.9. The van der Waals surface area contributed by atoms with E-state index in [0.717, 1.165) is 32.9 Å². The number of halogens is 1. The molecule has 0 saturated carbocycles. The molecule has 5 aromatic rings. The van der Waals surface area contributed by atoms with E-state index in [2.05, 4.69) is 18.2 Å². The molecule has 33 heavy (non-hydrogen) atoms. The quantitative estimate of drug-likeness (QED) is 0.206. The molecule has 0 aliphatic heterocycles. The van der Waals surface area contributed by atoms with E-state index in [0.29, 0.717) is 16.3 Å². The first kappa shape index (κ1) is 21.0. The van der Waals surface area contributed by atoms with E-state index in [-0.39, 0.29) is 13.2 Å². The smallest absolute Gasteiger partial charge is 0.339 e. The highest BCUT2D eigenvalue weighted by Gasteiger charge is 2.16. The van der Waals surface area contributed by atoms with Crippen LogP contribution >= 0.6 is 11.6 Å². The van der Waals surface area contributed by atoms with E-state index in [1.165, 1.54) is 0 Å². The van der Waals surface area contributed by atoms with Gasteiger partial charge in [0.1, 0.15) is 19.0 Å². The van der Waals surface area contributed by atoms with Crippen LogP contribution in [0.5, 0.6) is 5.75 Å². The van der Waals surface area contributed by atoms with Crippen LogP contribution < -0.4 is 4.74 Å². The van der Waals surface area contributed by atoms with Crippen LogP contribution in [0.2, 0.25) is 5.02 Å². The maximum atomic E-state index is 13.0. The maximum Gasteiger partial charge on any atom is 0.339 e. The Morgan fingerprint density at radius 2 is 1.52 bits per heavy atom. The van der Waals surface area contributed by atoms with E-state index >= 15 is 0 Å². The molecule has 0 saturated heterocycles. The molecular formula is C28H20ClNO3. The lowest BCUT2D eigenvalue weighted by molar-refractivity contribution is 0.0452. The molecular weight excluding hydrogens is 434 g/mol. The molecule has 0 aliphatic rings. The van der Waals surface area contributed by atoms with Crippen molar-refractivity contribution in [3.63, 3.8) is 0 Å². The van der Waals surface area contributed by atoms with Crippen LogP contribution in [0.1, 0.15) is 10.4 Å². The predicted octanol–water partition coefficient (Wildman–Crippen LogP) is 6.94. The first-order chi connectivity index (χ1) is 16.2. The van der Waals surface area contributed by atoms with Crippen LogP contribution in [-0.2, 0) is 4.74 Å². The summed E-state index contributed by atoms with van der Waals surface area (Å²) in [5.41, 5.74) is 2.93. The molecule has 0 bridgehead atoms. The van der Waals surface area contributed by atoms with Gasteiger partial charge in [-0.25, -0.2) is 9.78 Å². The Kier molecular flexibility index (Phi) is 5.92. The fraction of sp³-hybridized carbons (Fsp3) is 0.0714. The lowest BCUT2D eigenvalue weighted by atomic mass is 9.99. The van der Waals surface area contributed by atoms with Gasteiger partial charge < -0.3 is 9.47 Å². The largest absolute Gasteiger partial charge is 0.490 e. The Balaban J connectivity index is 1.42. The van der Waals surface area contributed by atoms with Gasteiger partial charge in [0, 0.05) is 16.0 Å². The number of carbonyl (C=O) groups is 1. The summed E-state index contributed by atoms with van der Waals surface area (Å²) >= 11 is 5.89. The molecule has 0 unspecified atom stereocenters. The van der Waals surface area contributed by atoms with Crippen molar-refractivity contribution in [2.24, 2.45) is 0 Å². The third-order valence-electron chi connectivity index (χ3n) is 5.40. The van der Waals surface area contributed by atoms with Crippen molar-refractivity contribution in [3.05, 3.63) is 108 Å². The number of esters is 1. The van der Waals surface area contributed by atoms with Crippen LogP contribution in [0.25, 0.3) is 32.9 Å². The minimum atomic E-state index is -0.408. The SMILES string of the molecule is O=C(OCCOc1ccc(Cl)cc1)c1cc(-c2cccc3ccccc23)nc2ccccc12. The fourth-order valence-corrected chi connectivity index (χ4v) is 3.96. The van der Waals surface area contributed by atoms with Crippen LogP contribution in [-0.4, -0.2) is 24.2 Å². The van der Waals surface area contributed by atoms with E-state index < -0.39 is 5.97 Å². The van der Waals surface area contributed by atoms with Crippen molar-refractivity contribution in [2.75, 3.05) is 13.2 Å². The lowest BCUT2D eigenvalue weighted by Crippen LogP contribution is -2.13. The average molecular weight is 454 g/mol. The highest BCUT2D eigenvalue weighted by molar-refractivity contribution is 6.30. The lowest BCUT2D eigenvalue weighted by Gasteiger charge is -2.12. The van der Waals surface area contributed by atoms with Crippen molar-refractivity contribution >= 4 is 39.2 Å². The number of ether oxygens (including phenoxy) is 2. The number of aromatic nitrogens is 1. The Hall–Kier alpha value is -3.89. The van der Waals surface area contributed by atoms with Crippen molar-refractivity contribution in [1.29, 1.82) is 0 Å². The van der Waals surface area contributed by atoms with Gasteiger partial charge in [-0.1, -0.05) is 72.3 Å². The fourth-order valence-electron chi connectivity index (χ4n) is 3.83. The highest BCUT2D eigenvalue weighted by Crippen LogP contribution is 2.30. The topological polar surface area (TPSA) is 48.4 Å². The Labute approximate surface area is 196 Å². The molecule has 162 valence electrons. The second-order valence-electron chi connectivity index (χ2n) is 7.54. The van der Waals surface area contributed by atoms with Crippen molar-refractivity contribution in [2.45, 2.75) is 0 Å². The summed E-state index contributed by atoms with van der Waals surface area (Å²) in [7, 11) is 0. The predicted molar refractivity (Wildman–Crippen MR) is 132 cm³/mol. The monoisotopic (exact) mass is 453 g/mol. The molecule has 0 N–H and O–H groups in total. The Bertz CT molecular complexity index is 1440. The van der Waals surface area contributed by atoms with Crippen molar-refractivity contribution < 1.29 is 14.3 Å². The summed E-state index contributed by atoms with van der Waals surface area (Å²) in [5.74, 6) is 0.262. The number of para-hydroxylation sites is 1. The average Bonchev–Trinajstić information content (AvgIpc) is 2.86. The van der Waals surface area contributed by atoms with Crippen molar-refractivity contribution in [1.82, 2.24) is 4.98 Å². The van der Waals surface area contributed by atoms with Gasteiger partial charge in [-0.2, -0.15) is 0 Å². The second-order valence-corrected chi connectivity index (χ2v) is 7.97. The second kappa shape index (κ2) is 9.31. The molecule has 1 heterocycles. The maximum absolute atomic E-state index is 13.0. The number of rotatable bonds is 6. The molecule has 4 nitrogen and oxygen atoms in total. The van der Waals surface area contributed by atoms with Gasteiger partial charge in [0.05, 0.1) is 16.8 Å². The number of hydrogen-bond acceptors (Lipinski definition) is 4. The third-order valence-corrected chi connectivity index (χ3v) is 5.65. The van der Waals surface area contributed by atoms with Gasteiger partial charge in [-0.3, -0.25) is 0 Å². The summed E-state index contributed by atoms with van der Waals surface area (Å²) in [5, 5.41) is 3.59. The first-order valence-electron chi connectivity index (χ1n) is 10.6. The van der Waals surface area contributed by atoms with Gasteiger partial charge in [-0.05, 0) is 47.2 Å².